The number of carbonyl (C=O) groups excluding carboxylic acids is 2. The molecule has 0 bridgehead atoms. The number of aryl methyl sites for hydroxylation is 2. The highest BCUT2D eigenvalue weighted by Gasteiger charge is 2.34. The van der Waals surface area contributed by atoms with E-state index >= 15 is 0 Å². The Labute approximate surface area is 141 Å². The predicted molar refractivity (Wildman–Crippen MR) is 85.8 cm³/mol. The topological polar surface area (TPSA) is 110 Å². The molecule has 1 fully saturated rings. The molecule has 1 saturated heterocycles. The highest BCUT2D eigenvalue weighted by atomic mass is 32.2. The van der Waals surface area contributed by atoms with Crippen LogP contribution in [-0.4, -0.2) is 48.7 Å². The van der Waals surface area contributed by atoms with E-state index in [0.29, 0.717) is 31.6 Å². The van der Waals surface area contributed by atoms with Crippen molar-refractivity contribution in [3.05, 3.63) is 11.5 Å². The molecule has 0 aliphatic carbocycles. The molecule has 0 saturated carbocycles. The van der Waals surface area contributed by atoms with Crippen LogP contribution in [0, 0.1) is 13.8 Å². The average molecular weight is 357 g/mol. The van der Waals surface area contributed by atoms with E-state index in [1.54, 1.807) is 13.8 Å². The van der Waals surface area contributed by atoms with Crippen LogP contribution in [0.1, 0.15) is 44.1 Å². The number of ketones is 1. The first-order chi connectivity index (χ1) is 11.2. The number of nitrogens with zero attached hydrogens (tertiary/aromatic N) is 2. The smallest absolute Gasteiger partial charge is 0.248 e. The van der Waals surface area contributed by atoms with E-state index in [1.807, 2.05) is 0 Å². The maximum atomic E-state index is 12.7. The number of aromatic nitrogens is 1. The van der Waals surface area contributed by atoms with Crippen molar-refractivity contribution >= 4 is 21.7 Å². The third-order valence-electron chi connectivity index (χ3n) is 4.09. The first-order valence-electron chi connectivity index (χ1n) is 7.93. The predicted octanol–water partition coefficient (Wildman–Crippen LogP) is 0.930. The molecule has 1 amide bonds. The lowest BCUT2D eigenvalue weighted by Crippen LogP contribution is -2.46. The normalized spacial score (nSPS) is 17.0. The summed E-state index contributed by atoms with van der Waals surface area (Å²) >= 11 is 0. The zero-order valence-corrected chi connectivity index (χ0v) is 15.0. The summed E-state index contributed by atoms with van der Waals surface area (Å²) in [7, 11) is -3.63. The van der Waals surface area contributed by atoms with Gasteiger partial charge in [0.05, 0.1) is 0 Å². The van der Waals surface area contributed by atoms with Gasteiger partial charge in [0.25, 0.3) is 0 Å². The van der Waals surface area contributed by atoms with E-state index in [1.165, 1.54) is 11.2 Å². The fourth-order valence-corrected chi connectivity index (χ4v) is 4.56. The van der Waals surface area contributed by atoms with Gasteiger partial charge in [-0.05, 0) is 33.6 Å². The molecule has 1 N–H and O–H groups in total. The van der Waals surface area contributed by atoms with Gasteiger partial charge in [-0.25, -0.2) is 8.42 Å². The molecule has 0 aromatic carbocycles. The molecule has 0 unspecified atom stereocenters. The van der Waals surface area contributed by atoms with E-state index in [0.717, 1.165) is 0 Å². The van der Waals surface area contributed by atoms with Crippen LogP contribution in [0.3, 0.4) is 0 Å². The Kier molecular flexibility index (Phi) is 5.76. The monoisotopic (exact) mass is 357 g/mol. The fraction of sp³-hybridized carbons (Fsp3) is 0.667. The van der Waals surface area contributed by atoms with Gasteiger partial charge < -0.3 is 14.6 Å². The second-order valence-electron chi connectivity index (χ2n) is 6.10. The molecule has 1 aromatic rings. The molecule has 1 aliphatic heterocycles. The van der Waals surface area contributed by atoms with Crippen molar-refractivity contribution in [3.8, 4) is 0 Å². The van der Waals surface area contributed by atoms with Crippen LogP contribution in [0.4, 0.5) is 0 Å². The Balaban J connectivity index is 1.93. The molecule has 24 heavy (non-hydrogen) atoms. The highest BCUT2D eigenvalue weighted by molar-refractivity contribution is 7.89. The minimum absolute atomic E-state index is 0.0227. The number of nitrogens with one attached hydrogen (secondary N) is 1. The third kappa shape index (κ3) is 4.21. The lowest BCUT2D eigenvalue weighted by Gasteiger charge is -2.31. The van der Waals surface area contributed by atoms with Gasteiger partial charge >= 0.3 is 0 Å². The standard InChI is InChI=1S/C15H23N3O5S/c1-10(19)4-5-14(20)16-13-6-8-18(9-7-13)24(21,22)15-11(2)17-23-12(15)3/h13H,4-9H2,1-3H3,(H,16,20). The van der Waals surface area contributed by atoms with Crippen molar-refractivity contribution in [2.75, 3.05) is 13.1 Å². The summed E-state index contributed by atoms with van der Waals surface area (Å²) in [6, 6.07) is -0.0689. The van der Waals surface area contributed by atoms with Gasteiger partial charge in [0.2, 0.25) is 15.9 Å². The number of hydrogen-bond acceptors (Lipinski definition) is 6. The summed E-state index contributed by atoms with van der Waals surface area (Å²) in [5.41, 5.74) is 0.354. The third-order valence-corrected chi connectivity index (χ3v) is 6.23. The molecule has 9 heteroatoms. The van der Waals surface area contributed by atoms with Crippen LogP contribution < -0.4 is 5.32 Å². The van der Waals surface area contributed by atoms with Gasteiger partial charge in [-0.3, -0.25) is 4.79 Å². The van der Waals surface area contributed by atoms with Gasteiger partial charge in [0, 0.05) is 32.0 Å². The summed E-state index contributed by atoms with van der Waals surface area (Å²) in [5.74, 6) is 0.0925. The van der Waals surface area contributed by atoms with Gasteiger partial charge in [-0.1, -0.05) is 5.16 Å². The number of sulfonamides is 1. The summed E-state index contributed by atoms with van der Waals surface area (Å²) in [6.45, 7) is 5.28. The average Bonchev–Trinajstić information content (AvgIpc) is 2.85. The minimum atomic E-state index is -3.63. The first kappa shape index (κ1) is 18.6. The molecule has 0 spiro atoms. The van der Waals surface area contributed by atoms with Crippen LogP contribution in [0.15, 0.2) is 9.42 Å². The molecule has 2 heterocycles. The van der Waals surface area contributed by atoms with E-state index in [-0.39, 0.29) is 41.2 Å². The van der Waals surface area contributed by atoms with E-state index in [4.69, 9.17) is 4.52 Å². The number of rotatable bonds is 6. The van der Waals surface area contributed by atoms with Gasteiger partial charge in [0.1, 0.15) is 16.4 Å². The van der Waals surface area contributed by atoms with Crippen LogP contribution in [0.5, 0.6) is 0 Å². The first-order valence-corrected chi connectivity index (χ1v) is 9.37. The molecule has 134 valence electrons. The lowest BCUT2D eigenvalue weighted by molar-refractivity contribution is -0.125. The van der Waals surface area contributed by atoms with E-state index < -0.39 is 10.0 Å². The molecule has 1 aliphatic rings. The van der Waals surface area contributed by atoms with Crippen molar-refractivity contribution in [3.63, 3.8) is 0 Å². The fourth-order valence-electron chi connectivity index (χ4n) is 2.80. The van der Waals surface area contributed by atoms with Crippen LogP contribution >= 0.6 is 0 Å². The summed E-state index contributed by atoms with van der Waals surface area (Å²) in [4.78, 5) is 22.8. The molecule has 1 aromatic heterocycles. The van der Waals surface area contributed by atoms with E-state index in [2.05, 4.69) is 10.5 Å². The van der Waals surface area contributed by atoms with Gasteiger partial charge in [0.15, 0.2) is 5.76 Å². The Bertz CT molecular complexity index is 698. The van der Waals surface area contributed by atoms with Crippen molar-refractivity contribution in [1.29, 1.82) is 0 Å². The Morgan fingerprint density at radius 2 is 1.88 bits per heavy atom. The van der Waals surface area contributed by atoms with E-state index in [9.17, 15) is 18.0 Å². The van der Waals surface area contributed by atoms with Crippen molar-refractivity contribution in [2.24, 2.45) is 0 Å². The summed E-state index contributed by atoms with van der Waals surface area (Å²) in [5, 5.41) is 6.56. The quantitative estimate of drug-likeness (QED) is 0.811. The van der Waals surface area contributed by atoms with Crippen molar-refractivity contribution < 1.29 is 22.5 Å². The Morgan fingerprint density at radius 1 is 1.25 bits per heavy atom. The molecule has 8 nitrogen and oxygen atoms in total. The van der Waals surface area contributed by atoms with Crippen LogP contribution in [0.2, 0.25) is 0 Å². The van der Waals surface area contributed by atoms with Gasteiger partial charge in [-0.2, -0.15) is 4.31 Å². The summed E-state index contributed by atoms with van der Waals surface area (Å²) in [6.07, 6.45) is 1.47. The van der Waals surface area contributed by atoms with Crippen LogP contribution in [-0.2, 0) is 19.6 Å². The molecule has 0 atom stereocenters. The number of amides is 1. The zero-order chi connectivity index (χ0) is 17.9. The summed E-state index contributed by atoms with van der Waals surface area (Å²) < 4.78 is 31.7. The highest BCUT2D eigenvalue weighted by Crippen LogP contribution is 2.25. The van der Waals surface area contributed by atoms with Crippen LogP contribution in [0.25, 0.3) is 0 Å². The molecular formula is C15H23N3O5S. The maximum absolute atomic E-state index is 12.7. The SMILES string of the molecule is CC(=O)CCC(=O)NC1CCN(S(=O)(=O)c2c(C)noc2C)CC1. The zero-order valence-electron chi connectivity index (χ0n) is 14.2. The second-order valence-corrected chi connectivity index (χ2v) is 7.98. The molecule has 2 rings (SSSR count). The number of piperidine rings is 1. The van der Waals surface area contributed by atoms with Crippen molar-refractivity contribution in [1.82, 2.24) is 14.8 Å². The molecule has 0 radical (unpaired) electrons. The maximum Gasteiger partial charge on any atom is 0.248 e. The van der Waals surface area contributed by atoms with Crippen molar-refractivity contribution in [2.45, 2.75) is 57.4 Å². The lowest BCUT2D eigenvalue weighted by atomic mass is 10.1. The molecular weight excluding hydrogens is 334 g/mol. The minimum Gasteiger partial charge on any atom is -0.360 e. The number of Topliss-reactive ketones (excluding diaryl/α,β-unsaturated/α-hetero) is 1. The number of carbonyl (C=O) groups is 2. The Morgan fingerprint density at radius 3 is 2.38 bits per heavy atom. The second kappa shape index (κ2) is 7.43. The number of hydrogen-bond donors (Lipinski definition) is 1. The Hall–Kier alpha value is -1.74. The van der Waals surface area contributed by atoms with Gasteiger partial charge in [-0.15, -0.1) is 0 Å². The largest absolute Gasteiger partial charge is 0.360 e.